The second-order valence-corrected chi connectivity index (χ2v) is 7.24. The highest BCUT2D eigenvalue weighted by Crippen LogP contribution is 2.24. The van der Waals surface area contributed by atoms with Crippen LogP contribution >= 0.6 is 0 Å². The average molecular weight is 365 g/mol. The Labute approximate surface area is 158 Å². The van der Waals surface area contributed by atoms with E-state index in [1.165, 1.54) is 5.56 Å². The second-order valence-electron chi connectivity index (χ2n) is 7.24. The first-order valence-electron chi connectivity index (χ1n) is 9.26. The van der Waals surface area contributed by atoms with Crippen molar-refractivity contribution >= 4 is 11.8 Å². The number of carbonyl (C=O) groups is 2. The summed E-state index contributed by atoms with van der Waals surface area (Å²) in [6, 6.07) is 16.0. The molecule has 0 unspecified atom stereocenters. The van der Waals surface area contributed by atoms with Crippen molar-refractivity contribution in [3.63, 3.8) is 0 Å². The van der Waals surface area contributed by atoms with Gasteiger partial charge in [0.25, 0.3) is 0 Å². The Morgan fingerprint density at radius 2 is 1.78 bits per heavy atom. The third kappa shape index (κ3) is 3.80. The molecule has 0 saturated carbocycles. The number of phenolic OH excluding ortho intramolecular Hbond substituents is 1. The number of benzene rings is 2. The lowest BCUT2D eigenvalue weighted by Crippen LogP contribution is -2.61. The van der Waals surface area contributed by atoms with Crippen molar-refractivity contribution in [1.82, 2.24) is 15.5 Å². The molecule has 140 valence electrons. The van der Waals surface area contributed by atoms with Crippen LogP contribution in [-0.2, 0) is 22.6 Å². The van der Waals surface area contributed by atoms with Crippen LogP contribution < -0.4 is 10.6 Å². The second kappa shape index (κ2) is 7.40. The number of nitrogens with one attached hydrogen (secondary N) is 2. The van der Waals surface area contributed by atoms with Crippen molar-refractivity contribution in [3.05, 3.63) is 65.7 Å². The molecule has 2 fully saturated rings. The standard InChI is InChI=1S/C21H23N3O3/c25-17-8-6-14(7-9-17)10-18-21(27)24-13-16(11-19(24)20(26)23-18)22-12-15-4-2-1-3-5-15/h1-9,16,18-19,22,25H,10-13H2,(H,23,26)/t16-,18-,19-/m0/s1. The molecule has 2 aliphatic rings. The minimum atomic E-state index is -0.550. The SMILES string of the molecule is O=C1N[C@@H](Cc2ccc(O)cc2)C(=O)N2C[C@@H](NCc3ccccc3)C[C@@H]12. The number of phenols is 1. The van der Waals surface area contributed by atoms with Crippen LogP contribution in [0.4, 0.5) is 0 Å². The molecule has 6 nitrogen and oxygen atoms in total. The van der Waals surface area contributed by atoms with Crippen LogP contribution in [0.5, 0.6) is 5.75 Å². The van der Waals surface area contributed by atoms with Crippen LogP contribution in [0.1, 0.15) is 17.5 Å². The van der Waals surface area contributed by atoms with Crippen LogP contribution in [0.15, 0.2) is 54.6 Å². The Morgan fingerprint density at radius 3 is 2.52 bits per heavy atom. The van der Waals surface area contributed by atoms with Gasteiger partial charge >= 0.3 is 0 Å². The maximum Gasteiger partial charge on any atom is 0.246 e. The van der Waals surface area contributed by atoms with Gasteiger partial charge in [0.2, 0.25) is 11.8 Å². The molecule has 6 heteroatoms. The predicted octanol–water partition coefficient (Wildman–Crippen LogP) is 1.19. The van der Waals surface area contributed by atoms with Crippen molar-refractivity contribution in [2.75, 3.05) is 6.54 Å². The minimum Gasteiger partial charge on any atom is -0.508 e. The first-order valence-corrected chi connectivity index (χ1v) is 9.26. The lowest BCUT2D eigenvalue weighted by Gasteiger charge is -2.34. The van der Waals surface area contributed by atoms with Crippen LogP contribution in [-0.4, -0.2) is 46.5 Å². The number of hydrogen-bond acceptors (Lipinski definition) is 4. The van der Waals surface area contributed by atoms with Gasteiger partial charge in [0.05, 0.1) is 0 Å². The van der Waals surface area contributed by atoms with E-state index >= 15 is 0 Å². The fourth-order valence-electron chi connectivity index (χ4n) is 3.87. The maximum absolute atomic E-state index is 12.9. The molecule has 3 atom stereocenters. The van der Waals surface area contributed by atoms with Crippen molar-refractivity contribution in [2.45, 2.75) is 37.5 Å². The molecular formula is C21H23N3O3. The summed E-state index contributed by atoms with van der Waals surface area (Å²) in [5.41, 5.74) is 2.09. The lowest BCUT2D eigenvalue weighted by molar-refractivity contribution is -0.147. The molecule has 3 N–H and O–H groups in total. The summed E-state index contributed by atoms with van der Waals surface area (Å²) in [6.45, 7) is 1.27. The third-order valence-electron chi connectivity index (χ3n) is 5.32. The van der Waals surface area contributed by atoms with E-state index in [-0.39, 0.29) is 29.6 Å². The highest BCUT2D eigenvalue weighted by Gasteiger charge is 2.46. The zero-order valence-corrected chi connectivity index (χ0v) is 15.0. The van der Waals surface area contributed by atoms with Crippen LogP contribution in [0, 0.1) is 0 Å². The molecule has 0 bridgehead atoms. The Morgan fingerprint density at radius 1 is 1.04 bits per heavy atom. The molecule has 4 rings (SSSR count). The number of carbonyl (C=O) groups excluding carboxylic acids is 2. The number of rotatable bonds is 5. The zero-order valence-electron chi connectivity index (χ0n) is 15.0. The van der Waals surface area contributed by atoms with Gasteiger partial charge in [-0.1, -0.05) is 42.5 Å². The molecular weight excluding hydrogens is 342 g/mol. The summed E-state index contributed by atoms with van der Waals surface area (Å²) in [4.78, 5) is 27.1. The monoisotopic (exact) mass is 365 g/mol. The first kappa shape index (κ1) is 17.5. The van der Waals surface area contributed by atoms with Crippen LogP contribution in [0.3, 0.4) is 0 Å². The quantitative estimate of drug-likeness (QED) is 0.744. The summed E-state index contributed by atoms with van der Waals surface area (Å²) < 4.78 is 0. The van der Waals surface area contributed by atoms with E-state index in [9.17, 15) is 14.7 Å². The summed E-state index contributed by atoms with van der Waals surface area (Å²) >= 11 is 0. The molecule has 27 heavy (non-hydrogen) atoms. The molecule has 2 aromatic rings. The van der Waals surface area contributed by atoms with Gasteiger partial charge in [-0.15, -0.1) is 0 Å². The number of fused-ring (bicyclic) bond motifs is 1. The highest BCUT2D eigenvalue weighted by atomic mass is 16.3. The van der Waals surface area contributed by atoms with Gasteiger partial charge in [0.1, 0.15) is 17.8 Å². The van der Waals surface area contributed by atoms with E-state index in [0.29, 0.717) is 19.4 Å². The summed E-state index contributed by atoms with van der Waals surface area (Å²) in [7, 11) is 0. The van der Waals surface area contributed by atoms with Crippen molar-refractivity contribution in [1.29, 1.82) is 0 Å². The minimum absolute atomic E-state index is 0.0308. The Kier molecular flexibility index (Phi) is 4.81. The van der Waals surface area contributed by atoms with E-state index in [4.69, 9.17) is 0 Å². The molecule has 0 aliphatic carbocycles. The van der Waals surface area contributed by atoms with Gasteiger partial charge < -0.3 is 20.6 Å². The van der Waals surface area contributed by atoms with E-state index in [1.54, 1.807) is 29.2 Å². The predicted molar refractivity (Wildman–Crippen MR) is 101 cm³/mol. The number of amides is 2. The highest BCUT2D eigenvalue weighted by molar-refractivity contribution is 5.97. The van der Waals surface area contributed by atoms with Crippen LogP contribution in [0.25, 0.3) is 0 Å². The Bertz CT molecular complexity index is 822. The molecule has 0 spiro atoms. The van der Waals surface area contributed by atoms with E-state index in [0.717, 1.165) is 12.1 Å². The van der Waals surface area contributed by atoms with Gasteiger partial charge in [-0.05, 0) is 29.7 Å². The maximum atomic E-state index is 12.9. The molecule has 0 radical (unpaired) electrons. The summed E-state index contributed by atoms with van der Waals surface area (Å²) in [5, 5.41) is 15.7. The molecule has 2 aromatic carbocycles. The van der Waals surface area contributed by atoms with Gasteiger partial charge in [-0.25, -0.2) is 0 Å². The topological polar surface area (TPSA) is 81.7 Å². The molecule has 2 heterocycles. The zero-order chi connectivity index (χ0) is 18.8. The number of hydrogen-bond donors (Lipinski definition) is 3. The fraction of sp³-hybridized carbons (Fsp3) is 0.333. The van der Waals surface area contributed by atoms with Gasteiger partial charge in [-0.2, -0.15) is 0 Å². The Balaban J connectivity index is 1.39. The number of aromatic hydroxyl groups is 1. The Hall–Kier alpha value is -2.86. The molecule has 0 aromatic heterocycles. The van der Waals surface area contributed by atoms with Gasteiger partial charge in [-0.3, -0.25) is 9.59 Å². The van der Waals surface area contributed by atoms with E-state index in [2.05, 4.69) is 22.8 Å². The molecule has 2 saturated heterocycles. The van der Waals surface area contributed by atoms with Gasteiger partial charge in [0.15, 0.2) is 0 Å². The third-order valence-corrected chi connectivity index (χ3v) is 5.32. The smallest absolute Gasteiger partial charge is 0.246 e. The van der Waals surface area contributed by atoms with Crippen molar-refractivity contribution in [3.8, 4) is 5.75 Å². The number of piperazine rings is 1. The normalized spacial score (nSPS) is 24.6. The number of nitrogens with zero attached hydrogens (tertiary/aromatic N) is 1. The van der Waals surface area contributed by atoms with Crippen molar-refractivity contribution < 1.29 is 14.7 Å². The van der Waals surface area contributed by atoms with Crippen molar-refractivity contribution in [2.24, 2.45) is 0 Å². The molecule has 2 aliphatic heterocycles. The summed E-state index contributed by atoms with van der Waals surface area (Å²) in [5.74, 6) is 0.0729. The van der Waals surface area contributed by atoms with E-state index < -0.39 is 6.04 Å². The van der Waals surface area contributed by atoms with Gasteiger partial charge in [0, 0.05) is 25.6 Å². The summed E-state index contributed by atoms with van der Waals surface area (Å²) in [6.07, 6.45) is 1.06. The van der Waals surface area contributed by atoms with E-state index in [1.807, 2.05) is 18.2 Å². The first-order chi connectivity index (χ1) is 13.1. The average Bonchev–Trinajstić information content (AvgIpc) is 3.12. The largest absolute Gasteiger partial charge is 0.508 e. The molecule has 2 amide bonds. The van der Waals surface area contributed by atoms with Crippen LogP contribution in [0.2, 0.25) is 0 Å². The lowest BCUT2D eigenvalue weighted by atomic mass is 10.0. The fourth-order valence-corrected chi connectivity index (χ4v) is 3.87.